The van der Waals surface area contributed by atoms with Crippen LogP contribution in [0.2, 0.25) is 0 Å². The quantitative estimate of drug-likeness (QED) is 0.641. The fourth-order valence-corrected chi connectivity index (χ4v) is 4.39. The molecule has 1 aliphatic carbocycles. The molecule has 0 spiro atoms. The first-order chi connectivity index (χ1) is 9.13. The second-order valence-electron chi connectivity index (χ2n) is 5.82. The van der Waals surface area contributed by atoms with Crippen molar-refractivity contribution in [1.82, 2.24) is 0 Å². The van der Waals surface area contributed by atoms with E-state index in [0.717, 1.165) is 50.9 Å². The van der Waals surface area contributed by atoms with Gasteiger partial charge in [-0.3, -0.25) is 9.00 Å². The summed E-state index contributed by atoms with van der Waals surface area (Å²) in [6.07, 6.45) is 7.15. The lowest BCUT2D eigenvalue weighted by Crippen LogP contribution is -2.19. The largest absolute Gasteiger partial charge is 0.469 e. The Hall–Kier alpha value is -0.420. The Morgan fingerprint density at radius 2 is 2.26 bits per heavy atom. The van der Waals surface area contributed by atoms with Gasteiger partial charge in [-0.1, -0.05) is 0 Å². The van der Waals surface area contributed by atoms with Gasteiger partial charge in [-0.2, -0.15) is 0 Å². The summed E-state index contributed by atoms with van der Waals surface area (Å²) >= 11 is 0. The fourth-order valence-electron chi connectivity index (χ4n) is 2.68. The Kier molecular flexibility index (Phi) is 5.39. The predicted molar refractivity (Wildman–Crippen MR) is 74.4 cm³/mol. The third kappa shape index (κ3) is 4.88. The van der Waals surface area contributed by atoms with E-state index in [2.05, 4.69) is 0 Å². The van der Waals surface area contributed by atoms with Crippen LogP contribution >= 0.6 is 0 Å². The molecule has 110 valence electrons. The molecule has 0 aromatic rings. The molecule has 0 radical (unpaired) electrons. The van der Waals surface area contributed by atoms with Crippen LogP contribution in [0.4, 0.5) is 0 Å². The van der Waals surface area contributed by atoms with Gasteiger partial charge in [0.1, 0.15) is 0 Å². The van der Waals surface area contributed by atoms with Crippen molar-refractivity contribution in [3.63, 3.8) is 0 Å². The molecule has 0 N–H and O–H groups in total. The van der Waals surface area contributed by atoms with E-state index >= 15 is 0 Å². The molecule has 2 aliphatic rings. The van der Waals surface area contributed by atoms with Gasteiger partial charge in [-0.15, -0.1) is 0 Å². The molecular formula is C14H24O4S. The van der Waals surface area contributed by atoms with Gasteiger partial charge >= 0.3 is 5.97 Å². The van der Waals surface area contributed by atoms with Gasteiger partial charge < -0.3 is 9.47 Å². The van der Waals surface area contributed by atoms with Crippen molar-refractivity contribution in [2.24, 2.45) is 5.41 Å². The first-order valence-electron chi connectivity index (χ1n) is 7.17. The normalized spacial score (nSPS) is 26.1. The lowest BCUT2D eigenvalue weighted by Gasteiger charge is -2.13. The average Bonchev–Trinajstić information content (AvgIpc) is 2.91. The Morgan fingerprint density at radius 1 is 1.47 bits per heavy atom. The number of ether oxygens (including phenoxy) is 2. The molecule has 0 amide bonds. The van der Waals surface area contributed by atoms with Crippen molar-refractivity contribution < 1.29 is 18.5 Å². The summed E-state index contributed by atoms with van der Waals surface area (Å²) in [6, 6.07) is 0. The minimum absolute atomic E-state index is 0.0121. The second-order valence-corrected chi connectivity index (χ2v) is 7.40. The van der Waals surface area contributed by atoms with Crippen LogP contribution in [0.25, 0.3) is 0 Å². The number of hydrogen-bond donors (Lipinski definition) is 0. The number of carbonyl (C=O) groups excluding carboxylic acids is 1. The lowest BCUT2D eigenvalue weighted by atomic mass is 10.1. The lowest BCUT2D eigenvalue weighted by molar-refractivity contribution is -0.141. The van der Waals surface area contributed by atoms with Crippen molar-refractivity contribution in [3.05, 3.63) is 0 Å². The molecule has 0 aromatic carbocycles. The summed E-state index contributed by atoms with van der Waals surface area (Å²) in [7, 11) is 0.605. The molecule has 4 nitrogen and oxygen atoms in total. The molecule has 2 unspecified atom stereocenters. The van der Waals surface area contributed by atoms with E-state index in [1.54, 1.807) is 0 Å². The summed E-state index contributed by atoms with van der Waals surface area (Å²) < 4.78 is 22.3. The van der Waals surface area contributed by atoms with Gasteiger partial charge in [0, 0.05) is 28.9 Å². The fraction of sp³-hybridized carbons (Fsp3) is 0.929. The number of carbonyl (C=O) groups is 1. The first-order valence-corrected chi connectivity index (χ1v) is 8.66. The highest BCUT2D eigenvalue weighted by molar-refractivity contribution is 7.85. The maximum Gasteiger partial charge on any atom is 0.306 e. The molecular weight excluding hydrogens is 264 g/mol. The molecule has 19 heavy (non-hydrogen) atoms. The van der Waals surface area contributed by atoms with E-state index in [1.807, 2.05) is 0 Å². The average molecular weight is 288 g/mol. The molecule has 2 rings (SSSR count). The molecule has 1 saturated heterocycles. The second kappa shape index (κ2) is 6.84. The van der Waals surface area contributed by atoms with Crippen LogP contribution in [0, 0.1) is 5.41 Å². The van der Waals surface area contributed by atoms with Crippen molar-refractivity contribution >= 4 is 16.8 Å². The highest BCUT2D eigenvalue weighted by Crippen LogP contribution is 2.49. The summed E-state index contributed by atoms with van der Waals surface area (Å²) in [5.74, 6) is 1.23. The first kappa shape index (κ1) is 15.0. The SMILES string of the molecule is COC(=O)CC1(CS(=O)CCCC2CCCO2)CC1. The molecule has 5 heteroatoms. The number of hydrogen-bond acceptors (Lipinski definition) is 4. The number of rotatable bonds is 8. The molecule has 1 saturated carbocycles. The standard InChI is InChI=1S/C14H24O4S/c1-17-13(15)10-14(6-7-14)11-19(16)9-3-5-12-4-2-8-18-12/h12H,2-11H2,1H3. The van der Waals surface area contributed by atoms with Crippen LogP contribution in [0.1, 0.15) is 44.9 Å². The zero-order chi connectivity index (χ0) is 13.7. The predicted octanol–water partition coefficient (Wildman–Crippen LogP) is 2.04. The molecule has 0 aromatic heterocycles. The van der Waals surface area contributed by atoms with Crippen LogP contribution < -0.4 is 0 Å². The topological polar surface area (TPSA) is 52.6 Å². The van der Waals surface area contributed by atoms with E-state index < -0.39 is 10.8 Å². The van der Waals surface area contributed by atoms with E-state index in [1.165, 1.54) is 7.11 Å². The molecule has 0 bridgehead atoms. The summed E-state index contributed by atoms with van der Waals surface area (Å²) in [5, 5.41) is 0. The smallest absolute Gasteiger partial charge is 0.306 e. The molecule has 2 atom stereocenters. The van der Waals surface area contributed by atoms with E-state index in [-0.39, 0.29) is 11.4 Å². The van der Waals surface area contributed by atoms with E-state index in [0.29, 0.717) is 18.3 Å². The van der Waals surface area contributed by atoms with Crippen molar-refractivity contribution in [1.29, 1.82) is 0 Å². The van der Waals surface area contributed by atoms with Gasteiger partial charge in [0.15, 0.2) is 0 Å². The summed E-state index contributed by atoms with van der Waals surface area (Å²) in [6.45, 7) is 0.885. The van der Waals surface area contributed by atoms with Gasteiger partial charge in [-0.25, -0.2) is 0 Å². The van der Waals surface area contributed by atoms with Crippen molar-refractivity contribution in [2.75, 3.05) is 25.2 Å². The summed E-state index contributed by atoms with van der Waals surface area (Å²) in [5.41, 5.74) is -0.0121. The monoisotopic (exact) mass is 288 g/mol. The number of esters is 1. The third-order valence-corrected chi connectivity index (χ3v) is 5.77. The van der Waals surface area contributed by atoms with E-state index in [9.17, 15) is 9.00 Å². The number of methoxy groups -OCH3 is 1. The van der Waals surface area contributed by atoms with Gasteiger partial charge in [0.2, 0.25) is 0 Å². The maximum atomic E-state index is 12.1. The minimum atomic E-state index is -0.809. The van der Waals surface area contributed by atoms with Crippen LogP contribution in [0.3, 0.4) is 0 Å². The van der Waals surface area contributed by atoms with Gasteiger partial charge in [0.05, 0.1) is 19.6 Å². The minimum Gasteiger partial charge on any atom is -0.469 e. The Balaban J connectivity index is 1.62. The van der Waals surface area contributed by atoms with Crippen LogP contribution in [0.5, 0.6) is 0 Å². The van der Waals surface area contributed by atoms with Crippen LogP contribution in [-0.4, -0.2) is 41.5 Å². The summed E-state index contributed by atoms with van der Waals surface area (Å²) in [4.78, 5) is 11.3. The van der Waals surface area contributed by atoms with E-state index in [4.69, 9.17) is 9.47 Å². The Bertz CT molecular complexity index is 332. The van der Waals surface area contributed by atoms with Gasteiger partial charge in [-0.05, 0) is 43.9 Å². The highest BCUT2D eigenvalue weighted by Gasteiger charge is 2.45. The Labute approximate surface area is 117 Å². The maximum absolute atomic E-state index is 12.1. The molecule has 1 heterocycles. The third-order valence-electron chi connectivity index (χ3n) is 4.09. The zero-order valence-corrected chi connectivity index (χ0v) is 12.5. The highest BCUT2D eigenvalue weighted by atomic mass is 32.2. The van der Waals surface area contributed by atoms with Crippen LogP contribution in [-0.2, 0) is 25.1 Å². The zero-order valence-electron chi connectivity index (χ0n) is 11.7. The Morgan fingerprint density at radius 3 is 2.84 bits per heavy atom. The van der Waals surface area contributed by atoms with Gasteiger partial charge in [0.25, 0.3) is 0 Å². The molecule has 2 fully saturated rings. The van der Waals surface area contributed by atoms with Crippen molar-refractivity contribution in [3.8, 4) is 0 Å². The molecule has 1 aliphatic heterocycles. The van der Waals surface area contributed by atoms with Crippen molar-refractivity contribution in [2.45, 2.75) is 51.0 Å². The van der Waals surface area contributed by atoms with Crippen LogP contribution in [0.15, 0.2) is 0 Å².